The molecule has 1 aliphatic heterocycles. The van der Waals surface area contributed by atoms with E-state index < -0.39 is 15.6 Å². The van der Waals surface area contributed by atoms with Crippen LogP contribution < -0.4 is 10.1 Å². The van der Waals surface area contributed by atoms with E-state index in [2.05, 4.69) is 5.32 Å². The van der Waals surface area contributed by atoms with Crippen molar-refractivity contribution in [1.29, 1.82) is 0 Å². The first-order chi connectivity index (χ1) is 13.9. The van der Waals surface area contributed by atoms with Crippen LogP contribution in [-0.4, -0.2) is 38.1 Å². The fourth-order valence-electron chi connectivity index (χ4n) is 4.13. The van der Waals surface area contributed by atoms with Crippen molar-refractivity contribution in [2.45, 2.75) is 36.1 Å². The molecule has 1 saturated carbocycles. The highest BCUT2D eigenvalue weighted by Gasteiger charge is 2.49. The summed E-state index contributed by atoms with van der Waals surface area (Å²) in [4.78, 5) is 24.7. The number of hydrogen-bond donors (Lipinski definition) is 1. The number of carbonyl (C=O) groups excluding carboxylic acids is 2. The molecule has 8 heteroatoms. The van der Waals surface area contributed by atoms with E-state index >= 15 is 0 Å². The Morgan fingerprint density at radius 3 is 2.55 bits per heavy atom. The van der Waals surface area contributed by atoms with Gasteiger partial charge in [-0.1, -0.05) is 36.8 Å². The molecule has 7 nitrogen and oxygen atoms in total. The van der Waals surface area contributed by atoms with E-state index in [4.69, 9.17) is 4.74 Å². The third-order valence-corrected chi connectivity index (χ3v) is 7.57. The maximum Gasteiger partial charge on any atom is 0.262 e. The predicted octanol–water partition coefficient (Wildman–Crippen LogP) is 2.68. The lowest BCUT2D eigenvalue weighted by molar-refractivity contribution is -0.131. The molecule has 1 unspecified atom stereocenters. The second-order valence-corrected chi connectivity index (χ2v) is 9.29. The van der Waals surface area contributed by atoms with Crippen molar-refractivity contribution < 1.29 is 22.7 Å². The Bertz CT molecular complexity index is 1070. The molecule has 0 radical (unpaired) electrons. The van der Waals surface area contributed by atoms with E-state index in [0.29, 0.717) is 29.8 Å². The summed E-state index contributed by atoms with van der Waals surface area (Å²) >= 11 is 0. The summed E-state index contributed by atoms with van der Waals surface area (Å²) in [6, 6.07) is 13.4. The van der Waals surface area contributed by atoms with Crippen molar-refractivity contribution in [3.05, 3.63) is 54.1 Å². The molecule has 0 saturated heterocycles. The van der Waals surface area contributed by atoms with E-state index in [1.165, 1.54) is 29.6 Å². The molecule has 2 aromatic rings. The van der Waals surface area contributed by atoms with Crippen LogP contribution in [0.15, 0.2) is 53.4 Å². The van der Waals surface area contributed by atoms with E-state index in [1.807, 2.05) is 18.2 Å². The first-order valence-corrected chi connectivity index (χ1v) is 10.9. The van der Waals surface area contributed by atoms with Crippen molar-refractivity contribution in [3.8, 4) is 5.75 Å². The van der Waals surface area contributed by atoms with Gasteiger partial charge in [-0.2, -0.15) is 4.31 Å². The first kappa shape index (κ1) is 19.6. The Morgan fingerprint density at radius 1 is 1.07 bits per heavy atom. The van der Waals surface area contributed by atoms with Gasteiger partial charge in [0.05, 0.1) is 10.6 Å². The van der Waals surface area contributed by atoms with Crippen LogP contribution in [0.2, 0.25) is 0 Å². The Kier molecular flexibility index (Phi) is 4.92. The van der Waals surface area contributed by atoms with Crippen molar-refractivity contribution in [2.75, 3.05) is 19.0 Å². The normalized spacial score (nSPS) is 22.0. The van der Waals surface area contributed by atoms with Gasteiger partial charge in [0.1, 0.15) is 11.3 Å². The summed E-state index contributed by atoms with van der Waals surface area (Å²) < 4.78 is 33.6. The number of amides is 1. The molecule has 0 bridgehead atoms. The summed E-state index contributed by atoms with van der Waals surface area (Å²) in [7, 11) is -2.57. The largest absolute Gasteiger partial charge is 0.482 e. The highest BCUT2D eigenvalue weighted by atomic mass is 32.2. The van der Waals surface area contributed by atoms with Crippen LogP contribution in [0.1, 0.15) is 31.2 Å². The number of rotatable bonds is 4. The van der Waals surface area contributed by atoms with Crippen LogP contribution in [0.3, 0.4) is 0 Å². The van der Waals surface area contributed by atoms with Gasteiger partial charge in [0.2, 0.25) is 10.0 Å². The topological polar surface area (TPSA) is 92.8 Å². The number of ether oxygens (including phenoxy) is 1. The number of nitrogens with one attached hydrogen (secondary N) is 1. The van der Waals surface area contributed by atoms with Gasteiger partial charge in [0.15, 0.2) is 12.4 Å². The molecule has 1 aliphatic carbocycles. The number of Topliss-reactive ketones (excluding diaryl/α,β-unsaturated/α-hetero) is 1. The minimum atomic E-state index is -4.02. The Balaban J connectivity index is 1.80. The van der Waals surface area contributed by atoms with E-state index in [-0.39, 0.29) is 23.2 Å². The summed E-state index contributed by atoms with van der Waals surface area (Å²) in [6.45, 7) is -0.107. The molecule has 1 amide bonds. The summed E-state index contributed by atoms with van der Waals surface area (Å²) in [5.74, 6) is -0.0306. The smallest absolute Gasteiger partial charge is 0.262 e. The summed E-state index contributed by atoms with van der Waals surface area (Å²) in [5, 5.41) is 2.63. The third-order valence-electron chi connectivity index (χ3n) is 5.68. The van der Waals surface area contributed by atoms with Crippen molar-refractivity contribution in [3.63, 3.8) is 0 Å². The molecule has 1 atom stereocenters. The monoisotopic (exact) mass is 414 g/mol. The number of carbonyl (C=O) groups is 2. The van der Waals surface area contributed by atoms with Gasteiger partial charge >= 0.3 is 0 Å². The van der Waals surface area contributed by atoms with Gasteiger partial charge in [-0.25, -0.2) is 8.42 Å². The molecule has 1 fully saturated rings. The lowest BCUT2D eigenvalue weighted by Crippen LogP contribution is -2.54. The molecular formula is C21H22N2O5S. The number of benzene rings is 2. The maximum absolute atomic E-state index is 13.5. The number of hydrogen-bond acceptors (Lipinski definition) is 5. The van der Waals surface area contributed by atoms with Gasteiger partial charge in [0.25, 0.3) is 5.91 Å². The van der Waals surface area contributed by atoms with E-state index in [1.54, 1.807) is 12.1 Å². The van der Waals surface area contributed by atoms with Gasteiger partial charge in [-0.05, 0) is 36.6 Å². The second-order valence-electron chi connectivity index (χ2n) is 7.32. The Morgan fingerprint density at radius 2 is 1.83 bits per heavy atom. The molecule has 1 N–H and O–H groups in total. The number of anilines is 1. The van der Waals surface area contributed by atoms with Crippen LogP contribution in [0.5, 0.6) is 5.75 Å². The average Bonchev–Trinajstić information content (AvgIpc) is 2.73. The summed E-state index contributed by atoms with van der Waals surface area (Å²) in [6.07, 6.45) is 2.28. The van der Waals surface area contributed by atoms with Crippen LogP contribution >= 0.6 is 0 Å². The van der Waals surface area contributed by atoms with E-state index in [0.717, 1.165) is 12.8 Å². The van der Waals surface area contributed by atoms with Gasteiger partial charge in [0, 0.05) is 13.5 Å². The predicted molar refractivity (Wildman–Crippen MR) is 107 cm³/mol. The zero-order valence-corrected chi connectivity index (χ0v) is 16.9. The Labute approximate surface area is 169 Å². The lowest BCUT2D eigenvalue weighted by Gasteiger charge is -2.42. The van der Waals surface area contributed by atoms with Crippen LogP contribution in [0, 0.1) is 0 Å². The molecule has 1 heterocycles. The van der Waals surface area contributed by atoms with Gasteiger partial charge in [-0.3, -0.25) is 9.59 Å². The minimum Gasteiger partial charge on any atom is -0.482 e. The fourth-order valence-corrected chi connectivity index (χ4v) is 5.66. The lowest BCUT2D eigenvalue weighted by atomic mass is 9.75. The SMILES string of the molecule is CN(C1(c2ccccc2)CCCCC1=O)S(=O)(=O)c1ccc2c(c1)NC(=O)CO2. The number of nitrogens with zero attached hydrogens (tertiary/aromatic N) is 1. The number of ketones is 1. The molecule has 29 heavy (non-hydrogen) atoms. The highest BCUT2D eigenvalue weighted by molar-refractivity contribution is 7.89. The van der Waals surface area contributed by atoms with Crippen LogP contribution in [0.4, 0.5) is 5.69 Å². The number of fused-ring (bicyclic) bond motifs is 1. The molecule has 152 valence electrons. The molecule has 2 aliphatic rings. The first-order valence-electron chi connectivity index (χ1n) is 9.50. The third kappa shape index (κ3) is 3.22. The zero-order chi connectivity index (χ0) is 20.6. The van der Waals surface area contributed by atoms with Crippen molar-refractivity contribution >= 4 is 27.4 Å². The minimum absolute atomic E-state index is 0.00164. The highest BCUT2D eigenvalue weighted by Crippen LogP contribution is 2.42. The Hall–Kier alpha value is -2.71. The standard InChI is InChI=1S/C21H22N2O5S/c1-23(21(12-6-5-9-19(21)24)15-7-3-2-4-8-15)29(26,27)16-10-11-18-17(13-16)22-20(25)14-28-18/h2-4,7-8,10-11,13H,5-6,9,12,14H2,1H3,(H,22,25). The molecule has 4 rings (SSSR count). The van der Waals surface area contributed by atoms with Crippen molar-refractivity contribution in [2.24, 2.45) is 0 Å². The molecular weight excluding hydrogens is 392 g/mol. The second kappa shape index (κ2) is 7.27. The van der Waals surface area contributed by atoms with Gasteiger partial charge in [-0.15, -0.1) is 0 Å². The van der Waals surface area contributed by atoms with Crippen LogP contribution in [0.25, 0.3) is 0 Å². The van der Waals surface area contributed by atoms with E-state index in [9.17, 15) is 18.0 Å². The number of sulfonamides is 1. The van der Waals surface area contributed by atoms with Crippen LogP contribution in [-0.2, 0) is 25.2 Å². The van der Waals surface area contributed by atoms with Crippen molar-refractivity contribution in [1.82, 2.24) is 4.31 Å². The zero-order valence-electron chi connectivity index (χ0n) is 16.1. The number of likely N-dealkylation sites (N-methyl/N-ethyl adjacent to an activating group) is 1. The molecule has 2 aromatic carbocycles. The molecule has 0 spiro atoms. The summed E-state index contributed by atoms with van der Waals surface area (Å²) in [5.41, 5.74) is -0.265. The fraction of sp³-hybridized carbons (Fsp3) is 0.333. The van der Waals surface area contributed by atoms with Gasteiger partial charge < -0.3 is 10.1 Å². The quantitative estimate of drug-likeness (QED) is 0.830. The maximum atomic E-state index is 13.5. The average molecular weight is 414 g/mol. The molecule has 0 aromatic heterocycles.